The zero-order chi connectivity index (χ0) is 22.3. The van der Waals surface area contributed by atoms with Crippen molar-refractivity contribution in [1.29, 1.82) is 0 Å². The van der Waals surface area contributed by atoms with E-state index in [1.807, 2.05) is 0 Å². The number of phenols is 2. The summed E-state index contributed by atoms with van der Waals surface area (Å²) >= 11 is 13.0. The number of nitrogens with zero attached hydrogens (tertiary/aromatic N) is 2. The molecule has 0 heterocycles. The van der Waals surface area contributed by atoms with Gasteiger partial charge in [-0.1, -0.05) is 31.9 Å². The first-order valence-electron chi connectivity index (χ1n) is 8.17. The van der Waals surface area contributed by atoms with Crippen LogP contribution < -0.4 is 10.9 Å². The number of phenolic OH excluding ortho intramolecular Hbond substituents is 2. The van der Waals surface area contributed by atoms with E-state index in [4.69, 9.17) is 0 Å². The lowest BCUT2D eigenvalue weighted by atomic mass is 10.2. The highest BCUT2D eigenvalue weighted by Gasteiger charge is 2.08. The minimum absolute atomic E-state index is 0.0167. The zero-order valence-electron chi connectivity index (χ0n) is 15.0. The molecule has 0 saturated heterocycles. The van der Waals surface area contributed by atoms with Crippen LogP contribution in [-0.2, 0) is 9.59 Å². The van der Waals surface area contributed by atoms with Crippen molar-refractivity contribution in [2.75, 3.05) is 0 Å². The van der Waals surface area contributed by atoms with Crippen LogP contribution in [0.2, 0.25) is 0 Å². The van der Waals surface area contributed by atoms with E-state index in [2.05, 4.69) is 84.8 Å². The van der Waals surface area contributed by atoms with Crippen molar-refractivity contribution >= 4 is 88.0 Å². The molecule has 0 aliphatic carbocycles. The fraction of sp³-hybridized carbons (Fsp3) is 0.111. The average Bonchev–Trinajstić information content (AvgIpc) is 2.67. The molecule has 2 aromatic carbocycles. The first kappa shape index (κ1) is 24.5. The third kappa shape index (κ3) is 7.49. The molecule has 2 rings (SSSR count). The summed E-state index contributed by atoms with van der Waals surface area (Å²) in [5.74, 6) is -0.992. The molecule has 0 aliphatic rings. The van der Waals surface area contributed by atoms with Crippen molar-refractivity contribution in [3.05, 3.63) is 53.3 Å². The van der Waals surface area contributed by atoms with E-state index in [1.54, 1.807) is 24.3 Å². The first-order chi connectivity index (χ1) is 14.2. The summed E-state index contributed by atoms with van der Waals surface area (Å²) in [7, 11) is 0. The van der Waals surface area contributed by atoms with Gasteiger partial charge in [0.05, 0.1) is 21.4 Å². The van der Waals surface area contributed by atoms with Gasteiger partial charge in [0.1, 0.15) is 11.5 Å². The maximum atomic E-state index is 11.8. The summed E-state index contributed by atoms with van der Waals surface area (Å²) in [5, 5.41) is 27.4. The molecule has 0 aliphatic heterocycles. The Morgan fingerprint density at radius 2 is 1.13 bits per heavy atom. The second-order valence-electron chi connectivity index (χ2n) is 5.74. The Morgan fingerprint density at radius 1 is 0.767 bits per heavy atom. The van der Waals surface area contributed by atoms with E-state index in [0.29, 0.717) is 20.1 Å². The topological polar surface area (TPSA) is 123 Å². The summed E-state index contributed by atoms with van der Waals surface area (Å²) in [6, 6.07) is 6.60. The number of amides is 2. The van der Waals surface area contributed by atoms with Crippen molar-refractivity contribution in [3.8, 4) is 11.5 Å². The summed E-state index contributed by atoms with van der Waals surface area (Å²) in [5.41, 5.74) is 5.35. The van der Waals surface area contributed by atoms with Crippen LogP contribution in [0, 0.1) is 0 Å². The number of carbonyl (C=O) groups is 2. The molecule has 12 heteroatoms. The third-order valence-corrected chi connectivity index (χ3v) is 5.60. The smallest absolute Gasteiger partial charge is 0.240 e. The van der Waals surface area contributed by atoms with Gasteiger partial charge in [-0.3, -0.25) is 9.59 Å². The van der Waals surface area contributed by atoms with Crippen molar-refractivity contribution in [3.63, 3.8) is 0 Å². The molecule has 30 heavy (non-hydrogen) atoms. The number of hydrazone groups is 2. The quantitative estimate of drug-likeness (QED) is 0.256. The average molecular weight is 670 g/mol. The minimum Gasteiger partial charge on any atom is -0.506 e. The molecule has 0 atom stereocenters. The van der Waals surface area contributed by atoms with E-state index < -0.39 is 11.8 Å². The molecule has 0 fully saturated rings. The molecule has 0 spiro atoms. The summed E-state index contributed by atoms with van der Waals surface area (Å²) in [4.78, 5) is 23.6. The van der Waals surface area contributed by atoms with Crippen LogP contribution >= 0.6 is 63.7 Å². The Bertz CT molecular complexity index is 946. The van der Waals surface area contributed by atoms with Gasteiger partial charge >= 0.3 is 0 Å². The number of carbonyl (C=O) groups excluding carboxylic acids is 2. The minimum atomic E-state index is -0.479. The highest BCUT2D eigenvalue weighted by molar-refractivity contribution is 9.11. The SMILES string of the molecule is O=C(CCC(=O)NN=Cc1cc(Br)cc(Br)c1O)NN=Cc1cc(Br)cc(Br)c1O. The van der Waals surface area contributed by atoms with Crippen LogP contribution in [0.15, 0.2) is 52.4 Å². The van der Waals surface area contributed by atoms with Gasteiger partial charge in [-0.2, -0.15) is 10.2 Å². The van der Waals surface area contributed by atoms with E-state index >= 15 is 0 Å². The molecule has 2 aromatic rings. The fourth-order valence-corrected chi connectivity index (χ4v) is 4.57. The zero-order valence-corrected chi connectivity index (χ0v) is 21.3. The Morgan fingerprint density at radius 3 is 1.50 bits per heavy atom. The summed E-state index contributed by atoms with van der Waals surface area (Å²) < 4.78 is 2.40. The monoisotopic (exact) mass is 666 g/mol. The molecule has 4 N–H and O–H groups in total. The summed E-state index contributed by atoms with van der Waals surface area (Å²) in [6.45, 7) is 0. The van der Waals surface area contributed by atoms with Crippen LogP contribution in [0.4, 0.5) is 0 Å². The molecule has 158 valence electrons. The van der Waals surface area contributed by atoms with Crippen molar-refractivity contribution < 1.29 is 19.8 Å². The number of halogens is 4. The Kier molecular flexibility index (Phi) is 9.46. The van der Waals surface area contributed by atoms with E-state index in [9.17, 15) is 19.8 Å². The second kappa shape index (κ2) is 11.6. The van der Waals surface area contributed by atoms with Crippen LogP contribution in [-0.4, -0.2) is 34.5 Å². The Hall–Kier alpha value is -1.76. The van der Waals surface area contributed by atoms with Crippen LogP contribution in [0.1, 0.15) is 24.0 Å². The van der Waals surface area contributed by atoms with Crippen molar-refractivity contribution in [1.82, 2.24) is 10.9 Å². The van der Waals surface area contributed by atoms with Gasteiger partial charge in [-0.25, -0.2) is 10.9 Å². The lowest BCUT2D eigenvalue weighted by Gasteiger charge is -2.04. The van der Waals surface area contributed by atoms with Crippen LogP contribution in [0.25, 0.3) is 0 Å². The highest BCUT2D eigenvalue weighted by Crippen LogP contribution is 2.31. The van der Waals surface area contributed by atoms with E-state index in [0.717, 1.165) is 8.95 Å². The van der Waals surface area contributed by atoms with Gasteiger partial charge in [0.25, 0.3) is 0 Å². The lowest BCUT2D eigenvalue weighted by Crippen LogP contribution is -2.22. The maximum absolute atomic E-state index is 11.8. The molecule has 2 amide bonds. The van der Waals surface area contributed by atoms with Gasteiger partial charge in [-0.05, 0) is 56.1 Å². The van der Waals surface area contributed by atoms with Gasteiger partial charge < -0.3 is 10.2 Å². The number of benzene rings is 2. The molecule has 8 nitrogen and oxygen atoms in total. The maximum Gasteiger partial charge on any atom is 0.240 e. The number of hydrogen-bond donors (Lipinski definition) is 4. The standard InChI is InChI=1S/C18H14Br4N4O4/c19-11-3-9(17(29)13(21)5-11)7-23-25-15(27)1-2-16(28)26-24-8-10-4-12(20)6-14(22)18(10)30/h3-8,29-30H,1-2H2,(H,25,27)(H,26,28). The molecular weight excluding hydrogens is 656 g/mol. The summed E-state index contributed by atoms with van der Waals surface area (Å²) in [6.07, 6.45) is 2.35. The lowest BCUT2D eigenvalue weighted by molar-refractivity contribution is -0.126. The third-order valence-electron chi connectivity index (χ3n) is 3.48. The van der Waals surface area contributed by atoms with Crippen LogP contribution in [0.5, 0.6) is 11.5 Å². The Balaban J connectivity index is 1.80. The predicted octanol–water partition coefficient (Wildman–Crippen LogP) is 4.53. The van der Waals surface area contributed by atoms with Gasteiger partial charge in [-0.15, -0.1) is 0 Å². The van der Waals surface area contributed by atoms with Gasteiger partial charge in [0.15, 0.2) is 0 Å². The largest absolute Gasteiger partial charge is 0.506 e. The van der Waals surface area contributed by atoms with Gasteiger partial charge in [0, 0.05) is 32.9 Å². The molecule has 0 bridgehead atoms. The molecule has 0 radical (unpaired) electrons. The first-order valence-corrected chi connectivity index (χ1v) is 11.3. The molecule has 0 saturated carbocycles. The number of hydrogen-bond acceptors (Lipinski definition) is 6. The van der Waals surface area contributed by atoms with E-state index in [-0.39, 0.29) is 24.3 Å². The number of nitrogens with one attached hydrogen (secondary N) is 2. The van der Waals surface area contributed by atoms with E-state index in [1.165, 1.54) is 12.4 Å². The van der Waals surface area contributed by atoms with Crippen LogP contribution in [0.3, 0.4) is 0 Å². The Labute approximate surface area is 205 Å². The van der Waals surface area contributed by atoms with Crippen molar-refractivity contribution in [2.24, 2.45) is 10.2 Å². The highest BCUT2D eigenvalue weighted by atomic mass is 79.9. The normalized spacial score (nSPS) is 11.2. The predicted molar refractivity (Wildman–Crippen MR) is 128 cm³/mol. The number of rotatable bonds is 7. The fourth-order valence-electron chi connectivity index (χ4n) is 2.06. The van der Waals surface area contributed by atoms with Crippen molar-refractivity contribution in [2.45, 2.75) is 12.8 Å². The molecule has 0 aromatic heterocycles. The molecular formula is C18H14Br4N4O4. The molecule has 0 unspecified atom stereocenters. The number of aromatic hydroxyl groups is 2. The second-order valence-corrected chi connectivity index (χ2v) is 9.28. The van der Waals surface area contributed by atoms with Gasteiger partial charge in [0.2, 0.25) is 11.8 Å².